The summed E-state index contributed by atoms with van der Waals surface area (Å²) in [5.74, 6) is -0.307. The number of hydrogen-bond donors (Lipinski definition) is 1. The third-order valence-electron chi connectivity index (χ3n) is 3.40. The van der Waals surface area contributed by atoms with E-state index in [1.54, 1.807) is 36.5 Å². The van der Waals surface area contributed by atoms with E-state index >= 15 is 0 Å². The highest BCUT2D eigenvalue weighted by Crippen LogP contribution is 2.27. The highest BCUT2D eigenvalue weighted by Gasteiger charge is 2.11. The summed E-state index contributed by atoms with van der Waals surface area (Å²) in [6.07, 6.45) is 2.28. The summed E-state index contributed by atoms with van der Waals surface area (Å²) < 4.78 is 0. The van der Waals surface area contributed by atoms with E-state index < -0.39 is 0 Å². The molecule has 1 N–H and O–H groups in total. The van der Waals surface area contributed by atoms with Gasteiger partial charge in [0, 0.05) is 33.1 Å². The lowest BCUT2D eigenvalue weighted by atomic mass is 10.1. The van der Waals surface area contributed by atoms with Gasteiger partial charge in [-0.2, -0.15) is 5.26 Å². The zero-order chi connectivity index (χ0) is 17.8. The van der Waals surface area contributed by atoms with Crippen LogP contribution in [-0.2, 0) is 6.42 Å². The Morgan fingerprint density at radius 2 is 2.08 bits per heavy atom. The molecular weight excluding hydrogens is 377 g/mol. The second-order valence-corrected chi connectivity index (χ2v) is 7.15. The van der Waals surface area contributed by atoms with Crippen molar-refractivity contribution in [3.63, 3.8) is 0 Å². The van der Waals surface area contributed by atoms with E-state index in [2.05, 4.69) is 10.3 Å². The van der Waals surface area contributed by atoms with Crippen molar-refractivity contribution in [2.75, 3.05) is 5.32 Å². The third kappa shape index (κ3) is 4.37. The second-order valence-electron chi connectivity index (χ2n) is 5.19. The van der Waals surface area contributed by atoms with Crippen LogP contribution in [0.4, 0.5) is 5.13 Å². The molecule has 124 valence electrons. The number of hydrogen-bond acceptors (Lipinski definition) is 4. The summed E-state index contributed by atoms with van der Waals surface area (Å²) in [6.45, 7) is 0. The zero-order valence-electron chi connectivity index (χ0n) is 12.8. The monoisotopic (exact) mass is 387 g/mol. The molecule has 0 radical (unpaired) electrons. The summed E-state index contributed by atoms with van der Waals surface area (Å²) in [7, 11) is 0. The Labute approximate surface area is 158 Å². The normalized spacial score (nSPS) is 10.3. The van der Waals surface area contributed by atoms with E-state index in [1.807, 2.05) is 12.1 Å². The quantitative estimate of drug-likeness (QED) is 0.671. The highest BCUT2D eigenvalue weighted by atomic mass is 35.5. The third-order valence-corrected chi connectivity index (χ3v) is 4.92. The van der Waals surface area contributed by atoms with Crippen LogP contribution in [0.15, 0.2) is 48.7 Å². The van der Waals surface area contributed by atoms with Crippen molar-refractivity contribution in [2.24, 2.45) is 0 Å². The molecule has 0 spiro atoms. The maximum Gasteiger partial charge on any atom is 0.257 e. The lowest BCUT2D eigenvalue weighted by Gasteiger charge is -2.03. The van der Waals surface area contributed by atoms with Crippen LogP contribution in [0.3, 0.4) is 0 Å². The van der Waals surface area contributed by atoms with E-state index in [0.29, 0.717) is 32.7 Å². The first-order valence-corrected chi connectivity index (χ1v) is 8.82. The highest BCUT2D eigenvalue weighted by molar-refractivity contribution is 7.15. The minimum absolute atomic E-state index is 0.307. The Kier molecular flexibility index (Phi) is 5.34. The Bertz CT molecular complexity index is 978. The van der Waals surface area contributed by atoms with Gasteiger partial charge in [-0.25, -0.2) is 4.98 Å². The fourth-order valence-electron chi connectivity index (χ4n) is 2.21. The average Bonchev–Trinajstić information content (AvgIpc) is 3.05. The first-order chi connectivity index (χ1) is 12.0. The largest absolute Gasteiger partial charge is 0.298 e. The van der Waals surface area contributed by atoms with Crippen LogP contribution >= 0.6 is 34.5 Å². The molecule has 0 fully saturated rings. The Morgan fingerprint density at radius 1 is 1.24 bits per heavy atom. The van der Waals surface area contributed by atoms with Gasteiger partial charge in [-0.3, -0.25) is 10.1 Å². The molecule has 3 aromatic rings. The van der Waals surface area contributed by atoms with Crippen molar-refractivity contribution >= 4 is 45.6 Å². The predicted octanol–water partition coefficient (Wildman–Crippen LogP) is 5.16. The lowest BCUT2D eigenvalue weighted by molar-refractivity contribution is 0.102. The molecule has 0 aliphatic heterocycles. The van der Waals surface area contributed by atoms with Gasteiger partial charge < -0.3 is 0 Å². The first kappa shape index (κ1) is 17.4. The molecule has 0 saturated heterocycles. The van der Waals surface area contributed by atoms with Crippen LogP contribution < -0.4 is 5.32 Å². The Hall–Kier alpha value is -2.39. The summed E-state index contributed by atoms with van der Waals surface area (Å²) in [6, 6.07) is 13.8. The topological polar surface area (TPSA) is 65.8 Å². The maximum absolute atomic E-state index is 12.3. The van der Waals surface area contributed by atoms with Gasteiger partial charge in [-0.05, 0) is 42.0 Å². The number of carbonyl (C=O) groups is 1. The molecule has 0 bridgehead atoms. The van der Waals surface area contributed by atoms with E-state index in [-0.39, 0.29) is 5.91 Å². The molecule has 4 nitrogen and oxygen atoms in total. The number of nitriles is 1. The molecule has 1 amide bonds. The van der Waals surface area contributed by atoms with Crippen LogP contribution in [0.2, 0.25) is 10.0 Å². The first-order valence-electron chi connectivity index (χ1n) is 7.25. The number of nitrogens with zero attached hydrogens (tertiary/aromatic N) is 2. The molecule has 7 heteroatoms. The SMILES string of the molecule is N#Cc1cccc(C(=O)Nc2ncc(Cc3cc(Cl)ccc3Cl)s2)c1. The van der Waals surface area contributed by atoms with Gasteiger partial charge in [0.2, 0.25) is 0 Å². The van der Waals surface area contributed by atoms with Crippen LogP contribution in [0.25, 0.3) is 0 Å². The average molecular weight is 388 g/mol. The molecule has 0 aliphatic rings. The number of halogens is 2. The molecular formula is C18H11Cl2N3OS. The van der Waals surface area contributed by atoms with Crippen LogP contribution in [0.1, 0.15) is 26.4 Å². The van der Waals surface area contributed by atoms with Crippen LogP contribution in [0.5, 0.6) is 0 Å². The number of rotatable bonds is 4. The van der Waals surface area contributed by atoms with Crippen molar-refractivity contribution in [3.05, 3.63) is 80.3 Å². The smallest absolute Gasteiger partial charge is 0.257 e. The van der Waals surface area contributed by atoms with Gasteiger partial charge in [0.25, 0.3) is 5.91 Å². The number of aromatic nitrogens is 1. The predicted molar refractivity (Wildman–Crippen MR) is 100 cm³/mol. The van der Waals surface area contributed by atoms with Gasteiger partial charge in [0.1, 0.15) is 0 Å². The van der Waals surface area contributed by atoms with E-state index in [1.165, 1.54) is 17.4 Å². The van der Waals surface area contributed by atoms with Crippen molar-refractivity contribution in [1.29, 1.82) is 5.26 Å². The number of amides is 1. The summed E-state index contributed by atoms with van der Waals surface area (Å²) in [5.41, 5.74) is 1.74. The molecule has 25 heavy (non-hydrogen) atoms. The molecule has 3 rings (SSSR count). The van der Waals surface area contributed by atoms with E-state index in [4.69, 9.17) is 28.5 Å². The van der Waals surface area contributed by atoms with Gasteiger partial charge >= 0.3 is 0 Å². The Balaban J connectivity index is 1.72. The van der Waals surface area contributed by atoms with Crippen LogP contribution in [0, 0.1) is 11.3 Å². The lowest BCUT2D eigenvalue weighted by Crippen LogP contribution is -2.11. The van der Waals surface area contributed by atoms with Gasteiger partial charge in [0.15, 0.2) is 5.13 Å². The fraction of sp³-hybridized carbons (Fsp3) is 0.0556. The standard InChI is InChI=1S/C18H11Cl2N3OS/c19-14-4-5-16(20)13(7-14)8-15-10-22-18(25-15)23-17(24)12-3-1-2-11(6-12)9-21/h1-7,10H,8H2,(H,22,23,24). The number of anilines is 1. The number of benzene rings is 2. The zero-order valence-corrected chi connectivity index (χ0v) is 15.1. The number of carbonyl (C=O) groups excluding carboxylic acids is 1. The van der Waals surface area contributed by atoms with Gasteiger partial charge in [-0.1, -0.05) is 29.3 Å². The summed E-state index contributed by atoms with van der Waals surface area (Å²) in [5, 5.41) is 13.4. The molecule has 0 unspecified atom stereocenters. The molecule has 1 aromatic heterocycles. The van der Waals surface area contributed by atoms with Crippen molar-refractivity contribution in [2.45, 2.75) is 6.42 Å². The minimum atomic E-state index is -0.307. The molecule has 1 heterocycles. The molecule has 2 aromatic carbocycles. The molecule has 0 aliphatic carbocycles. The van der Waals surface area contributed by atoms with E-state index in [0.717, 1.165) is 10.4 Å². The van der Waals surface area contributed by atoms with Crippen molar-refractivity contribution in [3.8, 4) is 6.07 Å². The van der Waals surface area contributed by atoms with E-state index in [9.17, 15) is 4.79 Å². The maximum atomic E-state index is 12.3. The molecule has 0 atom stereocenters. The van der Waals surface area contributed by atoms with Crippen LogP contribution in [-0.4, -0.2) is 10.9 Å². The minimum Gasteiger partial charge on any atom is -0.298 e. The van der Waals surface area contributed by atoms with Gasteiger partial charge in [-0.15, -0.1) is 11.3 Å². The van der Waals surface area contributed by atoms with Crippen molar-refractivity contribution < 1.29 is 4.79 Å². The summed E-state index contributed by atoms with van der Waals surface area (Å²) >= 11 is 13.5. The number of nitrogens with one attached hydrogen (secondary N) is 1. The number of thiazole rings is 1. The Morgan fingerprint density at radius 3 is 2.88 bits per heavy atom. The second kappa shape index (κ2) is 7.66. The van der Waals surface area contributed by atoms with Crippen molar-refractivity contribution in [1.82, 2.24) is 4.98 Å². The van der Waals surface area contributed by atoms with Gasteiger partial charge in [0.05, 0.1) is 11.6 Å². The molecule has 0 saturated carbocycles. The summed E-state index contributed by atoms with van der Waals surface area (Å²) in [4.78, 5) is 17.4. The fourth-order valence-corrected chi connectivity index (χ4v) is 3.42.